The van der Waals surface area contributed by atoms with Crippen molar-refractivity contribution in [3.05, 3.63) is 60.2 Å². The number of anilines is 2. The number of rotatable bonds is 7. The molecule has 3 fully saturated rings. The average Bonchev–Trinajstić information content (AvgIpc) is 3.40. The minimum atomic E-state index is -1.51. The van der Waals surface area contributed by atoms with Crippen LogP contribution >= 0.6 is 15.9 Å². The molecule has 3 aliphatic carbocycles. The molecule has 1 saturated carbocycles. The topological polar surface area (TPSA) is 120 Å². The Kier molecular flexibility index (Phi) is 6.52. The van der Waals surface area contributed by atoms with Crippen molar-refractivity contribution < 1.29 is 38.2 Å². The van der Waals surface area contributed by atoms with Crippen LogP contribution < -0.4 is 19.3 Å². The van der Waals surface area contributed by atoms with Crippen LogP contribution in [0, 0.1) is 29.6 Å². The second kappa shape index (κ2) is 9.83. The van der Waals surface area contributed by atoms with E-state index < -0.39 is 63.5 Å². The Morgan fingerprint density at radius 2 is 1.20 bits per heavy atom. The molecule has 2 saturated heterocycles. The van der Waals surface area contributed by atoms with Crippen molar-refractivity contribution in [2.45, 2.75) is 18.2 Å². The van der Waals surface area contributed by atoms with Crippen LogP contribution in [-0.2, 0) is 28.7 Å². The largest absolute Gasteiger partial charge is 0.492 e. The third-order valence-corrected chi connectivity index (χ3v) is 9.61. The fourth-order valence-corrected chi connectivity index (χ4v) is 8.19. The van der Waals surface area contributed by atoms with Crippen LogP contribution in [0.2, 0.25) is 0 Å². The molecular weight excluding hydrogens is 596 g/mol. The number of benzene rings is 2. The lowest BCUT2D eigenvalue weighted by Gasteiger charge is -2.51. The van der Waals surface area contributed by atoms with Gasteiger partial charge in [-0.15, -0.1) is 0 Å². The number of hydrogen-bond acceptors (Lipinski definition) is 8. The van der Waals surface area contributed by atoms with Crippen LogP contribution in [-0.4, -0.2) is 54.2 Å². The normalized spacial score (nSPS) is 29.9. The van der Waals surface area contributed by atoms with Crippen LogP contribution in [0.15, 0.2) is 60.2 Å². The van der Waals surface area contributed by atoms with Crippen molar-refractivity contribution >= 4 is 56.9 Å². The summed E-state index contributed by atoms with van der Waals surface area (Å²) in [6.07, 6.45) is 1.51. The Hall–Kier alpha value is -3.99. The van der Waals surface area contributed by atoms with Crippen LogP contribution in [0.1, 0.15) is 13.8 Å². The summed E-state index contributed by atoms with van der Waals surface area (Å²) in [6, 6.07) is 13.4. The summed E-state index contributed by atoms with van der Waals surface area (Å²) in [5, 5.41) is 0. The molecule has 11 heteroatoms. The Labute approximate surface area is 244 Å². The van der Waals surface area contributed by atoms with Gasteiger partial charge in [-0.3, -0.25) is 19.2 Å². The molecule has 2 bridgehead atoms. The summed E-state index contributed by atoms with van der Waals surface area (Å²) in [5.41, 5.74) is 0.627. The van der Waals surface area contributed by atoms with Crippen LogP contribution in [0.4, 0.5) is 11.4 Å². The molecule has 5 aliphatic rings. The summed E-state index contributed by atoms with van der Waals surface area (Å²) in [7, 11) is 1.21. The molecule has 4 atom stereocenters. The van der Waals surface area contributed by atoms with E-state index in [1.165, 1.54) is 13.2 Å². The fraction of sp³-hybridized carbons (Fsp3) is 0.367. The quantitative estimate of drug-likeness (QED) is 0.262. The van der Waals surface area contributed by atoms with E-state index in [1.54, 1.807) is 62.4 Å². The summed E-state index contributed by atoms with van der Waals surface area (Å²) in [5.74, 6) is -7.59. The molecule has 0 N–H and O–H groups in total. The predicted octanol–water partition coefficient (Wildman–Crippen LogP) is 3.27. The summed E-state index contributed by atoms with van der Waals surface area (Å²) >= 11 is 3.67. The van der Waals surface area contributed by atoms with Crippen molar-refractivity contribution in [1.29, 1.82) is 0 Å². The lowest BCUT2D eigenvalue weighted by atomic mass is 9.52. The minimum absolute atomic E-state index is 0.0917. The number of imide groups is 2. The minimum Gasteiger partial charge on any atom is -0.492 e. The Morgan fingerprint density at radius 3 is 1.61 bits per heavy atom. The van der Waals surface area contributed by atoms with Gasteiger partial charge < -0.3 is 14.2 Å². The van der Waals surface area contributed by atoms with Gasteiger partial charge in [0.1, 0.15) is 11.5 Å². The molecule has 0 unspecified atom stereocenters. The first-order chi connectivity index (χ1) is 19.7. The van der Waals surface area contributed by atoms with E-state index in [9.17, 15) is 24.0 Å². The molecule has 2 heterocycles. The molecule has 2 aromatic carbocycles. The predicted molar refractivity (Wildman–Crippen MR) is 149 cm³/mol. The Morgan fingerprint density at radius 1 is 0.756 bits per heavy atom. The fourth-order valence-electron chi connectivity index (χ4n) is 6.98. The van der Waals surface area contributed by atoms with E-state index in [2.05, 4.69) is 15.9 Å². The van der Waals surface area contributed by atoms with Gasteiger partial charge in [0.15, 0.2) is 0 Å². The third kappa shape index (κ3) is 3.64. The summed E-state index contributed by atoms with van der Waals surface area (Å²) < 4.78 is 14.9. The van der Waals surface area contributed by atoms with Gasteiger partial charge >= 0.3 is 5.97 Å². The van der Waals surface area contributed by atoms with Crippen LogP contribution in [0.3, 0.4) is 0 Å². The molecule has 4 amide bonds. The highest BCUT2D eigenvalue weighted by Crippen LogP contribution is 2.66. The first-order valence-electron chi connectivity index (χ1n) is 13.4. The zero-order valence-corrected chi connectivity index (χ0v) is 24.1. The van der Waals surface area contributed by atoms with E-state index in [4.69, 9.17) is 14.2 Å². The van der Waals surface area contributed by atoms with Crippen molar-refractivity contribution in [1.82, 2.24) is 0 Å². The maximum absolute atomic E-state index is 14.2. The van der Waals surface area contributed by atoms with Gasteiger partial charge in [-0.1, -0.05) is 46.3 Å². The number of nitrogens with zero attached hydrogens (tertiary/aromatic N) is 2. The number of carbonyl (C=O) groups excluding carboxylic acids is 5. The highest BCUT2D eigenvalue weighted by molar-refractivity contribution is 9.10. The molecule has 0 radical (unpaired) electrons. The summed E-state index contributed by atoms with van der Waals surface area (Å²) in [4.78, 5) is 71.9. The van der Waals surface area contributed by atoms with Gasteiger partial charge in [0.05, 0.1) is 59.7 Å². The molecule has 2 aromatic rings. The number of para-hydroxylation sites is 4. The lowest BCUT2D eigenvalue weighted by Crippen LogP contribution is -2.61. The number of methoxy groups -OCH3 is 1. The number of alkyl halides is 1. The first-order valence-corrected chi connectivity index (χ1v) is 14.2. The second-order valence-corrected chi connectivity index (χ2v) is 11.7. The maximum atomic E-state index is 14.2. The number of allylic oxidation sites excluding steroid dienone is 1. The molecule has 10 nitrogen and oxygen atoms in total. The lowest BCUT2D eigenvalue weighted by molar-refractivity contribution is -0.143. The maximum Gasteiger partial charge on any atom is 0.333 e. The molecule has 212 valence electrons. The summed E-state index contributed by atoms with van der Waals surface area (Å²) in [6.45, 7) is 4.20. The number of hydrogen-bond donors (Lipinski definition) is 0. The smallest absolute Gasteiger partial charge is 0.333 e. The number of amides is 4. The molecule has 7 rings (SSSR count). The molecule has 41 heavy (non-hydrogen) atoms. The van der Waals surface area contributed by atoms with Gasteiger partial charge in [-0.25, -0.2) is 14.6 Å². The van der Waals surface area contributed by atoms with Crippen molar-refractivity contribution in [3.63, 3.8) is 0 Å². The van der Waals surface area contributed by atoms with Crippen LogP contribution in [0.5, 0.6) is 11.5 Å². The van der Waals surface area contributed by atoms with Gasteiger partial charge in [0.25, 0.3) is 0 Å². The monoisotopic (exact) mass is 622 g/mol. The van der Waals surface area contributed by atoms with Gasteiger partial charge in [-0.2, -0.15) is 0 Å². The van der Waals surface area contributed by atoms with Crippen LogP contribution in [0.25, 0.3) is 0 Å². The SMILES string of the molecule is CCOc1ccccc1N1C(=O)[C@@H]2[C@@H](C1=O)C1C(C(=O)OC)=CC2(Br)[C@@H]2C(=O)N(c3ccccc3OCC)C(=O)[C@@H]12. The Balaban J connectivity index is 1.50. The van der Waals surface area contributed by atoms with Crippen molar-refractivity contribution in [2.24, 2.45) is 29.6 Å². The zero-order valence-electron chi connectivity index (χ0n) is 22.5. The molecular formula is C30H27BrN2O8. The van der Waals surface area contributed by atoms with E-state index in [-0.39, 0.29) is 16.9 Å². The van der Waals surface area contributed by atoms with E-state index in [0.717, 1.165) is 9.80 Å². The number of halogens is 1. The molecule has 0 aromatic heterocycles. The second-order valence-electron chi connectivity index (χ2n) is 10.3. The number of esters is 1. The average molecular weight is 623 g/mol. The standard InChI is InChI=1S/C30H27BrN2O8/c1-4-40-18-12-8-6-10-16(18)32-25(34)21-20-15(29(38)39-3)14-30(31,23(21)27(32)36)24-22(20)26(35)33(28(24)37)17-11-7-9-13-19(17)41-5-2/h6-14,20-24H,4-5H2,1-3H3/t20?,21-,22-,23-,24-,30?/m0/s1. The first kappa shape index (κ1) is 27.2. The molecule has 0 spiro atoms. The van der Waals surface area contributed by atoms with Crippen molar-refractivity contribution in [2.75, 3.05) is 30.1 Å². The van der Waals surface area contributed by atoms with Crippen molar-refractivity contribution in [3.8, 4) is 11.5 Å². The third-order valence-electron chi connectivity index (χ3n) is 8.40. The highest BCUT2D eigenvalue weighted by Gasteiger charge is 2.76. The molecule has 2 aliphatic heterocycles. The highest BCUT2D eigenvalue weighted by atomic mass is 79.9. The van der Waals surface area contributed by atoms with E-state index >= 15 is 0 Å². The van der Waals surface area contributed by atoms with E-state index in [0.29, 0.717) is 24.7 Å². The Bertz CT molecular complexity index is 1440. The van der Waals surface area contributed by atoms with Gasteiger partial charge in [0, 0.05) is 11.5 Å². The van der Waals surface area contributed by atoms with E-state index in [1.807, 2.05) is 0 Å². The number of carbonyl (C=O) groups is 5. The zero-order chi connectivity index (χ0) is 29.2. The van der Waals surface area contributed by atoms with Gasteiger partial charge in [0.2, 0.25) is 23.6 Å². The number of ether oxygens (including phenoxy) is 3. The van der Waals surface area contributed by atoms with Gasteiger partial charge in [-0.05, 0) is 38.1 Å².